The van der Waals surface area contributed by atoms with Crippen molar-refractivity contribution in [3.05, 3.63) is 24.3 Å². The van der Waals surface area contributed by atoms with E-state index in [2.05, 4.69) is 64.7 Å². The van der Waals surface area contributed by atoms with E-state index in [1.54, 1.807) is 0 Å². The molecule has 1 aliphatic carbocycles. The second-order valence-electron chi connectivity index (χ2n) is 8.32. The maximum atomic E-state index is 12.8. The van der Waals surface area contributed by atoms with Gasteiger partial charge in [-0.25, -0.2) is 0 Å². The third-order valence-electron chi connectivity index (χ3n) is 4.90. The smallest absolute Gasteiger partial charge is 0.142 e. The summed E-state index contributed by atoms with van der Waals surface area (Å²) in [5.74, 6) is 0.688. The first-order chi connectivity index (χ1) is 10.1. The molecule has 3 heteroatoms. The molecule has 1 aliphatic rings. The SMILES string of the molecule is C[C@H](Sc1ccccc1[Si](C)(C)C)[C@H]1CCCC(C)(C)C1=O. The number of rotatable bonds is 4. The van der Waals surface area contributed by atoms with Gasteiger partial charge in [0, 0.05) is 21.5 Å². The average Bonchev–Trinajstić information content (AvgIpc) is 2.41. The Labute approximate surface area is 141 Å². The third kappa shape index (κ3) is 3.86. The van der Waals surface area contributed by atoms with Crippen LogP contribution in [-0.4, -0.2) is 19.1 Å². The number of thioether (sulfide) groups is 1. The van der Waals surface area contributed by atoms with Gasteiger partial charge in [0.25, 0.3) is 0 Å². The van der Waals surface area contributed by atoms with Crippen LogP contribution in [0, 0.1) is 11.3 Å². The monoisotopic (exact) mass is 334 g/mol. The molecule has 0 aliphatic heterocycles. The molecule has 122 valence electrons. The highest BCUT2D eigenvalue weighted by atomic mass is 32.2. The summed E-state index contributed by atoms with van der Waals surface area (Å²) in [7, 11) is -1.35. The van der Waals surface area contributed by atoms with Gasteiger partial charge >= 0.3 is 0 Å². The molecule has 1 aromatic carbocycles. The normalized spacial score (nSPS) is 23.4. The van der Waals surface area contributed by atoms with Gasteiger partial charge in [-0.2, -0.15) is 0 Å². The predicted molar refractivity (Wildman–Crippen MR) is 101 cm³/mol. The summed E-state index contributed by atoms with van der Waals surface area (Å²) < 4.78 is 0. The lowest BCUT2D eigenvalue weighted by Gasteiger charge is -2.36. The summed E-state index contributed by atoms with van der Waals surface area (Å²) in [4.78, 5) is 14.1. The van der Waals surface area contributed by atoms with E-state index in [0.29, 0.717) is 11.0 Å². The fourth-order valence-electron chi connectivity index (χ4n) is 3.44. The van der Waals surface area contributed by atoms with Crippen molar-refractivity contribution in [1.29, 1.82) is 0 Å². The fraction of sp³-hybridized carbons (Fsp3) is 0.632. The Bertz CT molecular complexity index is 545. The molecule has 0 N–H and O–H groups in total. The van der Waals surface area contributed by atoms with Crippen LogP contribution >= 0.6 is 11.8 Å². The summed E-state index contributed by atoms with van der Waals surface area (Å²) in [6.07, 6.45) is 3.29. The van der Waals surface area contributed by atoms with E-state index in [9.17, 15) is 4.79 Å². The summed E-state index contributed by atoms with van der Waals surface area (Å²) in [5.41, 5.74) is -0.129. The Hall–Kier alpha value is -0.543. The van der Waals surface area contributed by atoms with Crippen molar-refractivity contribution < 1.29 is 4.79 Å². The van der Waals surface area contributed by atoms with E-state index in [4.69, 9.17) is 0 Å². The zero-order valence-corrected chi connectivity index (χ0v) is 16.7. The number of carbonyl (C=O) groups is 1. The van der Waals surface area contributed by atoms with Crippen molar-refractivity contribution in [3.63, 3.8) is 0 Å². The Kier molecular flexibility index (Phi) is 5.28. The van der Waals surface area contributed by atoms with E-state index < -0.39 is 8.07 Å². The second-order valence-corrected chi connectivity index (χ2v) is 14.8. The topological polar surface area (TPSA) is 17.1 Å². The molecule has 0 aromatic heterocycles. The molecule has 0 bridgehead atoms. The van der Waals surface area contributed by atoms with Crippen LogP contribution in [0.4, 0.5) is 0 Å². The van der Waals surface area contributed by atoms with Crippen LogP contribution < -0.4 is 5.19 Å². The van der Waals surface area contributed by atoms with E-state index in [-0.39, 0.29) is 11.3 Å². The molecular weight excluding hydrogens is 304 g/mol. The van der Waals surface area contributed by atoms with E-state index in [1.807, 2.05) is 11.8 Å². The minimum absolute atomic E-state index is 0.129. The summed E-state index contributed by atoms with van der Waals surface area (Å²) in [6, 6.07) is 8.81. The van der Waals surface area contributed by atoms with Crippen LogP contribution in [0.25, 0.3) is 0 Å². The molecule has 0 heterocycles. The predicted octanol–water partition coefficient (Wildman–Crippen LogP) is 5.11. The molecule has 0 saturated heterocycles. The van der Waals surface area contributed by atoms with Crippen LogP contribution in [0.3, 0.4) is 0 Å². The van der Waals surface area contributed by atoms with Gasteiger partial charge < -0.3 is 0 Å². The van der Waals surface area contributed by atoms with Crippen molar-refractivity contribution in [3.8, 4) is 0 Å². The maximum absolute atomic E-state index is 12.8. The Morgan fingerprint density at radius 2 is 1.86 bits per heavy atom. The molecule has 0 radical (unpaired) electrons. The van der Waals surface area contributed by atoms with E-state index in [1.165, 1.54) is 16.5 Å². The first-order valence-corrected chi connectivity index (χ1v) is 12.8. The Morgan fingerprint density at radius 3 is 2.50 bits per heavy atom. The lowest BCUT2D eigenvalue weighted by Crippen LogP contribution is -2.41. The quantitative estimate of drug-likeness (QED) is 0.562. The Morgan fingerprint density at radius 1 is 1.23 bits per heavy atom. The van der Waals surface area contributed by atoms with Crippen LogP contribution in [0.2, 0.25) is 19.6 Å². The molecule has 1 fully saturated rings. The number of carbonyl (C=O) groups excluding carboxylic acids is 1. The molecule has 0 unspecified atom stereocenters. The molecule has 0 spiro atoms. The zero-order chi connectivity index (χ0) is 16.5. The number of hydrogen-bond acceptors (Lipinski definition) is 2. The molecule has 0 amide bonds. The highest BCUT2D eigenvalue weighted by Crippen LogP contribution is 2.41. The standard InChI is InChI=1S/C19H30OSSi/c1-14(15-10-9-13-19(2,3)18(15)20)21-16-11-7-8-12-17(16)22(4,5)6/h7-8,11-12,14-15H,9-10,13H2,1-6H3/t14-,15+/m0/s1. The van der Waals surface area contributed by atoms with Gasteiger partial charge in [0.2, 0.25) is 0 Å². The Balaban J connectivity index is 2.19. The van der Waals surface area contributed by atoms with Crippen LogP contribution in [0.5, 0.6) is 0 Å². The second kappa shape index (κ2) is 6.52. The number of benzene rings is 1. The fourth-order valence-corrected chi connectivity index (χ4v) is 7.13. The highest BCUT2D eigenvalue weighted by Gasteiger charge is 2.40. The lowest BCUT2D eigenvalue weighted by atomic mass is 9.70. The largest absolute Gasteiger partial charge is 0.299 e. The molecule has 1 saturated carbocycles. The highest BCUT2D eigenvalue weighted by molar-refractivity contribution is 8.00. The average molecular weight is 335 g/mol. The third-order valence-corrected chi connectivity index (χ3v) is 8.44. The summed E-state index contributed by atoms with van der Waals surface area (Å²) >= 11 is 1.92. The van der Waals surface area contributed by atoms with Crippen LogP contribution in [-0.2, 0) is 4.79 Å². The zero-order valence-electron chi connectivity index (χ0n) is 14.9. The van der Waals surface area contributed by atoms with E-state index in [0.717, 1.165) is 12.8 Å². The lowest BCUT2D eigenvalue weighted by molar-refractivity contribution is -0.134. The molecule has 1 aromatic rings. The molecular formula is C19H30OSSi. The minimum Gasteiger partial charge on any atom is -0.299 e. The van der Waals surface area contributed by atoms with Gasteiger partial charge in [0.1, 0.15) is 5.78 Å². The van der Waals surface area contributed by atoms with Crippen molar-refractivity contribution in [2.45, 2.75) is 69.8 Å². The van der Waals surface area contributed by atoms with Gasteiger partial charge in [-0.15, -0.1) is 11.8 Å². The first kappa shape index (κ1) is 17.8. The van der Waals surface area contributed by atoms with Gasteiger partial charge in [-0.3, -0.25) is 4.79 Å². The van der Waals surface area contributed by atoms with Crippen molar-refractivity contribution >= 4 is 30.8 Å². The van der Waals surface area contributed by atoms with Crippen molar-refractivity contribution in [1.82, 2.24) is 0 Å². The first-order valence-electron chi connectivity index (χ1n) is 8.43. The van der Waals surface area contributed by atoms with Crippen LogP contribution in [0.15, 0.2) is 29.2 Å². The number of Topliss-reactive ketones (excluding diaryl/α,β-unsaturated/α-hetero) is 1. The number of ketones is 1. The molecule has 22 heavy (non-hydrogen) atoms. The van der Waals surface area contributed by atoms with Gasteiger partial charge in [0.15, 0.2) is 0 Å². The van der Waals surface area contributed by atoms with Crippen LogP contribution in [0.1, 0.15) is 40.0 Å². The summed E-state index contributed by atoms with van der Waals surface area (Å²) in [6.45, 7) is 13.7. The molecule has 2 rings (SSSR count). The minimum atomic E-state index is -1.35. The summed E-state index contributed by atoms with van der Waals surface area (Å²) in [5, 5.41) is 1.89. The van der Waals surface area contributed by atoms with Gasteiger partial charge in [0.05, 0.1) is 8.07 Å². The molecule has 2 atom stereocenters. The molecule has 1 nitrogen and oxygen atoms in total. The van der Waals surface area contributed by atoms with E-state index >= 15 is 0 Å². The van der Waals surface area contributed by atoms with Crippen molar-refractivity contribution in [2.75, 3.05) is 0 Å². The number of hydrogen-bond donors (Lipinski definition) is 0. The van der Waals surface area contributed by atoms with Crippen molar-refractivity contribution in [2.24, 2.45) is 11.3 Å². The maximum Gasteiger partial charge on any atom is 0.142 e. The van der Waals surface area contributed by atoms with Gasteiger partial charge in [-0.1, -0.05) is 65.0 Å². The van der Waals surface area contributed by atoms with Gasteiger partial charge in [-0.05, 0) is 24.1 Å².